The molecule has 0 amide bonds. The molecular weight excluding hydrogens is 204 g/mol. The zero-order valence-electron chi connectivity index (χ0n) is 8.88. The first-order valence-electron chi connectivity index (χ1n) is 5.15. The van der Waals surface area contributed by atoms with Crippen molar-refractivity contribution in [1.29, 1.82) is 0 Å². The van der Waals surface area contributed by atoms with E-state index in [1.165, 1.54) is 16.7 Å². The predicted octanol–water partition coefficient (Wildman–Crippen LogP) is 2.05. The molecule has 3 N–H and O–H groups in total. The lowest BCUT2D eigenvalue weighted by molar-refractivity contribution is 0.873. The lowest BCUT2D eigenvalue weighted by Gasteiger charge is -2.22. The van der Waals surface area contributed by atoms with E-state index in [-0.39, 0.29) is 0 Å². The van der Waals surface area contributed by atoms with Crippen molar-refractivity contribution in [2.24, 2.45) is 5.73 Å². The number of hydrogen-bond donors (Lipinski definition) is 3. The van der Waals surface area contributed by atoms with Crippen LogP contribution in [0.1, 0.15) is 23.1 Å². The van der Waals surface area contributed by atoms with Gasteiger partial charge in [0.15, 0.2) is 0 Å². The molecule has 2 rings (SSSR count). The van der Waals surface area contributed by atoms with Crippen LogP contribution in [0.4, 0.5) is 0 Å². The molecule has 2 nitrogen and oxygen atoms in total. The molecule has 1 aromatic carbocycles. The highest BCUT2D eigenvalue weighted by Crippen LogP contribution is 2.27. The number of rotatable bonds is 2. The number of benzene rings is 1. The maximum atomic E-state index is 6.00. The van der Waals surface area contributed by atoms with E-state index in [2.05, 4.69) is 43.1 Å². The number of thiol groups is 1. The van der Waals surface area contributed by atoms with Crippen LogP contribution in [0.5, 0.6) is 0 Å². The van der Waals surface area contributed by atoms with Crippen LogP contribution in [0.25, 0.3) is 5.70 Å². The van der Waals surface area contributed by atoms with Crippen molar-refractivity contribution in [3.05, 3.63) is 40.6 Å². The Morgan fingerprint density at radius 2 is 2.20 bits per heavy atom. The summed E-state index contributed by atoms with van der Waals surface area (Å²) in [6.07, 6.45) is 1.98. The highest BCUT2D eigenvalue weighted by molar-refractivity contribution is 7.80. The Kier molecular flexibility index (Phi) is 2.91. The molecule has 0 heterocycles. The number of nitrogens with two attached hydrogens (primary N) is 1. The maximum absolute atomic E-state index is 6.00. The first-order chi connectivity index (χ1) is 7.22. The fourth-order valence-corrected chi connectivity index (χ4v) is 2.19. The monoisotopic (exact) mass is 220 g/mol. The number of hydrogen-bond acceptors (Lipinski definition) is 3. The summed E-state index contributed by atoms with van der Waals surface area (Å²) in [6.45, 7) is 2.12. The zero-order chi connectivity index (χ0) is 10.8. The van der Waals surface area contributed by atoms with Gasteiger partial charge in [-0.3, -0.25) is 0 Å². The Morgan fingerprint density at radius 1 is 1.40 bits per heavy atom. The molecule has 0 radical (unpaired) electrons. The van der Waals surface area contributed by atoms with Crippen LogP contribution in [0, 0.1) is 6.92 Å². The molecule has 0 aliphatic heterocycles. The van der Waals surface area contributed by atoms with Crippen molar-refractivity contribution in [2.75, 3.05) is 5.88 Å². The fraction of sp³-hybridized carbons (Fsp3) is 0.333. The molecule has 80 valence electrons. The summed E-state index contributed by atoms with van der Waals surface area (Å²) >= 11 is 4.18. The van der Waals surface area contributed by atoms with Crippen LogP contribution >= 0.6 is 12.6 Å². The highest BCUT2D eigenvalue weighted by atomic mass is 32.1. The number of nitrogens with one attached hydrogen (secondary N) is 1. The van der Waals surface area contributed by atoms with E-state index in [1.807, 2.05) is 0 Å². The highest BCUT2D eigenvalue weighted by Gasteiger charge is 2.16. The summed E-state index contributed by atoms with van der Waals surface area (Å²) in [6, 6.07) is 6.50. The second-order valence-corrected chi connectivity index (χ2v) is 4.21. The first-order valence-corrected chi connectivity index (χ1v) is 5.79. The molecule has 1 aliphatic rings. The largest absolute Gasteiger partial charge is 0.400 e. The van der Waals surface area contributed by atoms with Crippen molar-refractivity contribution < 1.29 is 0 Å². The molecule has 1 aromatic rings. The van der Waals surface area contributed by atoms with Gasteiger partial charge in [-0.1, -0.05) is 23.8 Å². The summed E-state index contributed by atoms with van der Waals surface area (Å²) in [4.78, 5) is 0. The Bertz CT molecular complexity index is 410. The Hall–Kier alpha value is -1.09. The van der Waals surface area contributed by atoms with Crippen LogP contribution in [0.15, 0.2) is 23.9 Å². The summed E-state index contributed by atoms with van der Waals surface area (Å²) in [5.74, 6) is 0.614. The number of aryl methyl sites for hydroxylation is 2. The van der Waals surface area contributed by atoms with Gasteiger partial charge >= 0.3 is 0 Å². The summed E-state index contributed by atoms with van der Waals surface area (Å²) < 4.78 is 0. The van der Waals surface area contributed by atoms with Gasteiger partial charge in [-0.15, -0.1) is 0 Å². The van der Waals surface area contributed by atoms with Gasteiger partial charge in [0.25, 0.3) is 0 Å². The smallest absolute Gasteiger partial charge is 0.0613 e. The third kappa shape index (κ3) is 1.97. The molecule has 0 aromatic heterocycles. The molecule has 1 aliphatic carbocycles. The number of allylic oxidation sites excluding steroid dienone is 1. The van der Waals surface area contributed by atoms with Crippen LogP contribution < -0.4 is 11.1 Å². The summed E-state index contributed by atoms with van der Waals surface area (Å²) in [5, 5.41) is 3.23. The molecule has 0 saturated carbocycles. The SMILES string of the molecule is Cc1ccc2c(c1)CCC(N)=C2NCS. The lowest BCUT2D eigenvalue weighted by atomic mass is 9.91. The molecule has 0 unspecified atom stereocenters. The Labute approximate surface area is 96.0 Å². The van der Waals surface area contributed by atoms with Crippen molar-refractivity contribution in [3.8, 4) is 0 Å². The van der Waals surface area contributed by atoms with Crippen LogP contribution in [0.2, 0.25) is 0 Å². The summed E-state index contributed by atoms with van der Waals surface area (Å²) in [7, 11) is 0. The molecule has 15 heavy (non-hydrogen) atoms. The molecule has 0 bridgehead atoms. The van der Waals surface area contributed by atoms with E-state index in [1.54, 1.807) is 0 Å². The zero-order valence-corrected chi connectivity index (χ0v) is 9.77. The van der Waals surface area contributed by atoms with Gasteiger partial charge in [0, 0.05) is 11.3 Å². The van der Waals surface area contributed by atoms with Crippen LogP contribution in [0.3, 0.4) is 0 Å². The van der Waals surface area contributed by atoms with Crippen molar-refractivity contribution in [1.82, 2.24) is 5.32 Å². The third-order valence-electron chi connectivity index (χ3n) is 2.77. The Balaban J connectivity index is 2.47. The van der Waals surface area contributed by atoms with E-state index < -0.39 is 0 Å². The van der Waals surface area contributed by atoms with Gasteiger partial charge in [0.1, 0.15) is 0 Å². The minimum absolute atomic E-state index is 0.614. The van der Waals surface area contributed by atoms with Gasteiger partial charge in [-0.25, -0.2) is 0 Å². The van der Waals surface area contributed by atoms with Crippen LogP contribution in [-0.4, -0.2) is 5.88 Å². The van der Waals surface area contributed by atoms with Gasteiger partial charge < -0.3 is 11.1 Å². The quantitative estimate of drug-likeness (QED) is 0.527. The van der Waals surface area contributed by atoms with E-state index in [0.29, 0.717) is 5.88 Å². The molecule has 0 fully saturated rings. The molecule has 0 atom stereocenters. The van der Waals surface area contributed by atoms with Gasteiger partial charge in [-0.05, 0) is 25.3 Å². The van der Waals surface area contributed by atoms with E-state index in [0.717, 1.165) is 24.2 Å². The molecule has 0 spiro atoms. The van der Waals surface area contributed by atoms with E-state index in [4.69, 9.17) is 5.73 Å². The predicted molar refractivity (Wildman–Crippen MR) is 67.6 cm³/mol. The molecular formula is C12H16N2S. The normalized spacial score (nSPS) is 15.1. The average Bonchev–Trinajstić information content (AvgIpc) is 2.22. The average molecular weight is 220 g/mol. The van der Waals surface area contributed by atoms with Crippen molar-refractivity contribution in [3.63, 3.8) is 0 Å². The second-order valence-electron chi connectivity index (χ2n) is 3.90. The van der Waals surface area contributed by atoms with E-state index >= 15 is 0 Å². The molecule has 3 heteroatoms. The maximum Gasteiger partial charge on any atom is 0.0613 e. The van der Waals surface area contributed by atoms with Gasteiger partial charge in [0.05, 0.1) is 11.6 Å². The van der Waals surface area contributed by atoms with Crippen LogP contribution in [-0.2, 0) is 6.42 Å². The first kappa shape index (κ1) is 10.4. The lowest BCUT2D eigenvalue weighted by Crippen LogP contribution is -2.21. The number of fused-ring (bicyclic) bond motifs is 1. The van der Waals surface area contributed by atoms with Gasteiger partial charge in [-0.2, -0.15) is 12.6 Å². The van der Waals surface area contributed by atoms with Crippen molar-refractivity contribution >= 4 is 18.3 Å². The second kappa shape index (κ2) is 4.19. The topological polar surface area (TPSA) is 38.0 Å². The van der Waals surface area contributed by atoms with Gasteiger partial charge in [0.2, 0.25) is 0 Å². The summed E-state index contributed by atoms with van der Waals surface area (Å²) in [5.41, 5.74) is 11.9. The third-order valence-corrected chi connectivity index (χ3v) is 2.93. The standard InChI is InChI=1S/C12H16N2S/c1-8-2-4-10-9(6-8)3-5-11(13)12(10)14-7-15/h2,4,6,14-15H,3,5,7,13H2,1H3. The van der Waals surface area contributed by atoms with Crippen molar-refractivity contribution in [2.45, 2.75) is 19.8 Å². The minimum atomic E-state index is 0.614. The molecule has 0 saturated heterocycles. The minimum Gasteiger partial charge on any atom is -0.400 e. The fourth-order valence-electron chi connectivity index (χ4n) is 2.03. The Morgan fingerprint density at radius 3 is 2.93 bits per heavy atom. The van der Waals surface area contributed by atoms with E-state index in [9.17, 15) is 0 Å².